The molecule has 7 atom stereocenters. The van der Waals surface area contributed by atoms with Gasteiger partial charge in [0, 0.05) is 16.7 Å². The lowest BCUT2D eigenvalue weighted by molar-refractivity contribution is -0.231. The maximum absolute atomic E-state index is 13.4. The van der Waals surface area contributed by atoms with Crippen LogP contribution in [0.25, 0.3) is 0 Å². The van der Waals surface area contributed by atoms with Crippen LogP contribution in [0.2, 0.25) is 0 Å². The van der Waals surface area contributed by atoms with Gasteiger partial charge in [-0.3, -0.25) is 9.59 Å². The molecule has 0 aromatic heterocycles. The van der Waals surface area contributed by atoms with Crippen LogP contribution in [0.1, 0.15) is 65.2 Å². The quantitative estimate of drug-likeness (QED) is 0.708. The lowest BCUT2D eigenvalue weighted by atomic mass is 9.39. The van der Waals surface area contributed by atoms with E-state index in [0.29, 0.717) is 25.7 Å². The monoisotopic (exact) mass is 348 g/mol. The standard InChI is InChI=1S/C20H28O5/c1-16-5-3-6-20(25-15(16)23)13(16)4-7-18-11-19(24,9-8-17(18,20)2)12(10-21)14(18)22/h12-13,21,24H,3-11H2,1-2H3/t12-,13+,16+,17-,18-,19-,20-/m0/s1. The van der Waals surface area contributed by atoms with E-state index >= 15 is 0 Å². The zero-order valence-electron chi connectivity index (χ0n) is 15.1. The molecule has 0 aromatic rings. The summed E-state index contributed by atoms with van der Waals surface area (Å²) in [6, 6.07) is 0. The van der Waals surface area contributed by atoms with Crippen molar-refractivity contribution in [3.8, 4) is 0 Å². The number of hydrogen-bond donors (Lipinski definition) is 2. The summed E-state index contributed by atoms with van der Waals surface area (Å²) in [5.41, 5.74) is -3.18. The van der Waals surface area contributed by atoms with E-state index in [-0.39, 0.29) is 24.3 Å². The molecule has 5 aliphatic rings. The van der Waals surface area contributed by atoms with Crippen molar-refractivity contribution in [1.82, 2.24) is 0 Å². The first kappa shape index (κ1) is 16.2. The molecule has 2 N–H and O–H groups in total. The van der Waals surface area contributed by atoms with Crippen molar-refractivity contribution >= 4 is 11.8 Å². The molecule has 0 aromatic carbocycles. The van der Waals surface area contributed by atoms with Crippen LogP contribution in [0.5, 0.6) is 0 Å². The number of Topliss-reactive ketones (excluding diaryl/α,β-unsaturated/α-hetero) is 1. The summed E-state index contributed by atoms with van der Waals surface area (Å²) in [4.78, 5) is 26.3. The Morgan fingerprint density at radius 3 is 2.60 bits per heavy atom. The van der Waals surface area contributed by atoms with E-state index in [2.05, 4.69) is 13.8 Å². The Kier molecular flexibility index (Phi) is 2.80. The van der Waals surface area contributed by atoms with Gasteiger partial charge in [0.05, 0.1) is 23.5 Å². The highest BCUT2D eigenvalue weighted by atomic mass is 16.6. The van der Waals surface area contributed by atoms with Gasteiger partial charge in [-0.05, 0) is 58.3 Å². The number of aliphatic hydroxyl groups is 2. The molecular weight excluding hydrogens is 320 g/mol. The van der Waals surface area contributed by atoms with E-state index in [0.717, 1.165) is 25.7 Å². The number of aliphatic hydroxyl groups excluding tert-OH is 1. The second kappa shape index (κ2) is 4.30. The minimum atomic E-state index is -1.09. The second-order valence-corrected chi connectivity index (χ2v) is 9.94. The van der Waals surface area contributed by atoms with Crippen molar-refractivity contribution in [3.05, 3.63) is 0 Å². The summed E-state index contributed by atoms with van der Waals surface area (Å²) in [7, 11) is 0. The summed E-state index contributed by atoms with van der Waals surface area (Å²) in [6.07, 6.45) is 5.77. The molecule has 4 bridgehead atoms. The molecule has 1 saturated heterocycles. The largest absolute Gasteiger partial charge is 0.458 e. The van der Waals surface area contributed by atoms with Gasteiger partial charge in [-0.2, -0.15) is 0 Å². The summed E-state index contributed by atoms with van der Waals surface area (Å²) in [5.74, 6) is -0.586. The van der Waals surface area contributed by atoms with Gasteiger partial charge in [0.15, 0.2) is 0 Å². The highest BCUT2D eigenvalue weighted by Crippen LogP contribution is 2.77. The molecule has 0 radical (unpaired) electrons. The van der Waals surface area contributed by atoms with E-state index < -0.39 is 33.4 Å². The third-order valence-corrected chi connectivity index (χ3v) is 9.45. The molecule has 5 nitrogen and oxygen atoms in total. The average molecular weight is 348 g/mol. The Balaban J connectivity index is 1.70. The minimum absolute atomic E-state index is 0.0144. The van der Waals surface area contributed by atoms with Crippen LogP contribution in [0.3, 0.4) is 0 Å². The van der Waals surface area contributed by atoms with E-state index in [1.165, 1.54) is 0 Å². The van der Waals surface area contributed by atoms with Crippen molar-refractivity contribution in [1.29, 1.82) is 0 Å². The Bertz CT molecular complexity index is 690. The topological polar surface area (TPSA) is 83.8 Å². The predicted molar refractivity (Wildman–Crippen MR) is 88.4 cm³/mol. The van der Waals surface area contributed by atoms with Crippen molar-refractivity contribution in [2.45, 2.75) is 76.4 Å². The number of carbonyl (C=O) groups excluding carboxylic acids is 2. The number of ether oxygens (including phenoxy) is 1. The van der Waals surface area contributed by atoms with Crippen LogP contribution in [-0.4, -0.2) is 39.8 Å². The lowest BCUT2D eigenvalue weighted by Crippen LogP contribution is -2.67. The number of fused-ring (bicyclic) bond motifs is 1. The fourth-order valence-corrected chi connectivity index (χ4v) is 8.05. The maximum atomic E-state index is 13.4. The first-order valence-electron chi connectivity index (χ1n) is 9.80. The average Bonchev–Trinajstić information content (AvgIpc) is 2.82. The third-order valence-electron chi connectivity index (χ3n) is 9.45. The van der Waals surface area contributed by atoms with E-state index in [4.69, 9.17) is 4.74 Å². The molecule has 1 aliphatic heterocycles. The number of ketones is 1. The highest BCUT2D eigenvalue weighted by Gasteiger charge is 2.81. The zero-order valence-corrected chi connectivity index (χ0v) is 15.1. The van der Waals surface area contributed by atoms with E-state index in [1.54, 1.807) is 0 Å². The zero-order chi connectivity index (χ0) is 17.9. The Labute approximate surface area is 148 Å². The molecule has 0 amide bonds. The van der Waals surface area contributed by atoms with Crippen LogP contribution in [0.4, 0.5) is 0 Å². The molecule has 1 spiro atoms. The van der Waals surface area contributed by atoms with Gasteiger partial charge in [0.2, 0.25) is 0 Å². The Morgan fingerprint density at radius 1 is 1.12 bits per heavy atom. The van der Waals surface area contributed by atoms with Gasteiger partial charge in [-0.1, -0.05) is 6.92 Å². The lowest BCUT2D eigenvalue weighted by Gasteiger charge is -2.64. The molecule has 25 heavy (non-hydrogen) atoms. The summed E-state index contributed by atoms with van der Waals surface area (Å²) in [6.45, 7) is 3.90. The van der Waals surface area contributed by atoms with Crippen LogP contribution >= 0.6 is 0 Å². The van der Waals surface area contributed by atoms with Crippen molar-refractivity contribution < 1.29 is 24.5 Å². The molecular formula is C20H28O5. The van der Waals surface area contributed by atoms with Crippen molar-refractivity contribution in [3.63, 3.8) is 0 Å². The summed E-state index contributed by atoms with van der Waals surface area (Å²) < 4.78 is 6.21. The molecule has 0 unspecified atom stereocenters. The van der Waals surface area contributed by atoms with Crippen LogP contribution in [0.15, 0.2) is 0 Å². The smallest absolute Gasteiger partial charge is 0.312 e. The number of esters is 1. The van der Waals surface area contributed by atoms with E-state index in [9.17, 15) is 19.8 Å². The molecule has 5 rings (SSSR count). The number of rotatable bonds is 1. The predicted octanol–water partition coefficient (Wildman–Crippen LogP) is 1.98. The first-order chi connectivity index (χ1) is 11.7. The Hall–Kier alpha value is -0.940. The molecule has 5 fully saturated rings. The summed E-state index contributed by atoms with van der Waals surface area (Å²) in [5, 5.41) is 20.9. The molecule has 138 valence electrons. The van der Waals surface area contributed by atoms with Crippen LogP contribution < -0.4 is 0 Å². The van der Waals surface area contributed by atoms with Gasteiger partial charge in [0.25, 0.3) is 0 Å². The van der Waals surface area contributed by atoms with Gasteiger partial charge >= 0.3 is 5.97 Å². The van der Waals surface area contributed by atoms with Crippen molar-refractivity contribution in [2.24, 2.45) is 28.1 Å². The fourth-order valence-electron chi connectivity index (χ4n) is 8.05. The fraction of sp³-hybridized carbons (Fsp3) is 0.900. The molecule has 5 heteroatoms. The number of carbonyl (C=O) groups is 2. The van der Waals surface area contributed by atoms with Crippen LogP contribution in [0, 0.1) is 28.1 Å². The molecule has 4 aliphatic carbocycles. The minimum Gasteiger partial charge on any atom is -0.458 e. The van der Waals surface area contributed by atoms with Crippen LogP contribution in [-0.2, 0) is 14.3 Å². The van der Waals surface area contributed by atoms with E-state index in [1.807, 2.05) is 0 Å². The van der Waals surface area contributed by atoms with Gasteiger partial charge in [-0.15, -0.1) is 0 Å². The number of hydrogen-bond acceptors (Lipinski definition) is 5. The maximum Gasteiger partial charge on any atom is 0.312 e. The Morgan fingerprint density at radius 2 is 1.88 bits per heavy atom. The highest BCUT2D eigenvalue weighted by molar-refractivity contribution is 5.93. The SMILES string of the molecule is C[C@]12CC[C@]3(O)C[C@@]1(CC[C@@H]1[C@@]4(C)CCC[C@]12OC4=O)C(=O)[C@@H]3CO. The normalized spacial score (nSPS) is 59.4. The third kappa shape index (κ3) is 1.41. The van der Waals surface area contributed by atoms with Gasteiger partial charge in [-0.25, -0.2) is 0 Å². The molecule has 1 heterocycles. The first-order valence-corrected chi connectivity index (χ1v) is 9.80. The second-order valence-electron chi connectivity index (χ2n) is 9.94. The molecule has 4 saturated carbocycles. The van der Waals surface area contributed by atoms with Gasteiger partial charge < -0.3 is 14.9 Å². The van der Waals surface area contributed by atoms with Gasteiger partial charge in [0.1, 0.15) is 11.4 Å². The summed E-state index contributed by atoms with van der Waals surface area (Å²) >= 11 is 0. The van der Waals surface area contributed by atoms with Crippen molar-refractivity contribution in [2.75, 3.05) is 6.61 Å².